The highest BCUT2D eigenvalue weighted by Gasteiger charge is 2.07. The van der Waals surface area contributed by atoms with Crippen LogP contribution in [-0.2, 0) is 6.42 Å². The number of aromatic nitrogens is 2. The zero-order valence-corrected chi connectivity index (χ0v) is 10.1. The standard InChI is InChI=1S/C14H14N2O2/c1-2-3-10-4-6-11(7-5-10)12-8-13(14(17)18)16-9-15-12/h4-9H,2-3H2,1H3,(H,17,18). The van der Waals surface area contributed by atoms with Crippen LogP contribution in [-0.4, -0.2) is 21.0 Å². The predicted molar refractivity (Wildman–Crippen MR) is 68.4 cm³/mol. The van der Waals surface area contributed by atoms with E-state index >= 15 is 0 Å². The second kappa shape index (κ2) is 5.40. The number of hydrogen-bond acceptors (Lipinski definition) is 3. The van der Waals surface area contributed by atoms with E-state index < -0.39 is 5.97 Å². The topological polar surface area (TPSA) is 63.1 Å². The van der Waals surface area contributed by atoms with E-state index in [0.717, 1.165) is 18.4 Å². The molecular formula is C14H14N2O2. The van der Waals surface area contributed by atoms with Crippen LogP contribution in [0.25, 0.3) is 11.3 Å². The van der Waals surface area contributed by atoms with Crippen molar-refractivity contribution in [3.8, 4) is 11.3 Å². The van der Waals surface area contributed by atoms with Gasteiger partial charge in [0.05, 0.1) is 5.69 Å². The maximum Gasteiger partial charge on any atom is 0.354 e. The molecule has 2 rings (SSSR count). The number of benzene rings is 1. The zero-order valence-electron chi connectivity index (χ0n) is 10.1. The number of carboxylic acids is 1. The van der Waals surface area contributed by atoms with Crippen molar-refractivity contribution in [2.75, 3.05) is 0 Å². The van der Waals surface area contributed by atoms with Crippen molar-refractivity contribution in [3.63, 3.8) is 0 Å². The van der Waals surface area contributed by atoms with Gasteiger partial charge in [-0.15, -0.1) is 0 Å². The molecule has 0 aliphatic heterocycles. The smallest absolute Gasteiger partial charge is 0.354 e. The molecule has 1 aromatic carbocycles. The van der Waals surface area contributed by atoms with Gasteiger partial charge in [-0.3, -0.25) is 0 Å². The molecule has 0 bridgehead atoms. The van der Waals surface area contributed by atoms with Gasteiger partial charge in [0.25, 0.3) is 0 Å². The van der Waals surface area contributed by atoms with Crippen LogP contribution in [0.3, 0.4) is 0 Å². The number of carboxylic acid groups (broad SMARTS) is 1. The molecule has 0 fully saturated rings. The van der Waals surface area contributed by atoms with Crippen molar-refractivity contribution >= 4 is 5.97 Å². The van der Waals surface area contributed by atoms with Crippen molar-refractivity contribution in [2.24, 2.45) is 0 Å². The average molecular weight is 242 g/mol. The molecule has 2 aromatic rings. The number of aromatic carboxylic acids is 1. The quantitative estimate of drug-likeness (QED) is 0.895. The van der Waals surface area contributed by atoms with E-state index in [2.05, 4.69) is 16.9 Å². The van der Waals surface area contributed by atoms with Gasteiger partial charge < -0.3 is 5.11 Å². The van der Waals surface area contributed by atoms with E-state index in [1.165, 1.54) is 18.0 Å². The summed E-state index contributed by atoms with van der Waals surface area (Å²) in [7, 11) is 0. The number of nitrogens with zero attached hydrogens (tertiary/aromatic N) is 2. The molecule has 0 atom stereocenters. The first-order chi connectivity index (χ1) is 8.70. The van der Waals surface area contributed by atoms with Crippen molar-refractivity contribution in [1.29, 1.82) is 0 Å². The number of carbonyl (C=O) groups is 1. The molecule has 0 unspecified atom stereocenters. The molecule has 4 nitrogen and oxygen atoms in total. The van der Waals surface area contributed by atoms with Crippen LogP contribution in [0.1, 0.15) is 29.4 Å². The Hall–Kier alpha value is -2.23. The minimum Gasteiger partial charge on any atom is -0.477 e. The summed E-state index contributed by atoms with van der Waals surface area (Å²) in [5.74, 6) is -1.04. The van der Waals surface area contributed by atoms with Gasteiger partial charge in [0.2, 0.25) is 0 Å². The SMILES string of the molecule is CCCc1ccc(-c2cc(C(=O)O)ncn2)cc1. The Balaban J connectivity index is 2.30. The summed E-state index contributed by atoms with van der Waals surface area (Å²) in [6.07, 6.45) is 3.43. The molecule has 1 heterocycles. The van der Waals surface area contributed by atoms with Crippen LogP contribution in [0, 0.1) is 0 Å². The van der Waals surface area contributed by atoms with E-state index in [4.69, 9.17) is 5.11 Å². The van der Waals surface area contributed by atoms with Crippen LogP contribution < -0.4 is 0 Å². The zero-order chi connectivity index (χ0) is 13.0. The molecular weight excluding hydrogens is 228 g/mol. The van der Waals surface area contributed by atoms with E-state index in [1.807, 2.05) is 24.3 Å². The summed E-state index contributed by atoms with van der Waals surface area (Å²) in [5.41, 5.74) is 2.82. The molecule has 0 amide bonds. The Morgan fingerprint density at radius 2 is 1.94 bits per heavy atom. The fourth-order valence-electron chi connectivity index (χ4n) is 1.76. The molecule has 18 heavy (non-hydrogen) atoms. The second-order valence-corrected chi connectivity index (χ2v) is 4.04. The molecule has 4 heteroatoms. The van der Waals surface area contributed by atoms with E-state index in [-0.39, 0.29) is 5.69 Å². The largest absolute Gasteiger partial charge is 0.477 e. The summed E-state index contributed by atoms with van der Waals surface area (Å²) >= 11 is 0. The molecule has 0 saturated heterocycles. The van der Waals surface area contributed by atoms with Crippen LogP contribution in [0.15, 0.2) is 36.7 Å². The summed E-state index contributed by atoms with van der Waals surface area (Å²) in [6, 6.07) is 9.48. The lowest BCUT2D eigenvalue weighted by molar-refractivity contribution is 0.0690. The van der Waals surface area contributed by atoms with Gasteiger partial charge in [0.15, 0.2) is 5.69 Å². The van der Waals surface area contributed by atoms with E-state index in [9.17, 15) is 4.79 Å². The van der Waals surface area contributed by atoms with Gasteiger partial charge in [-0.2, -0.15) is 0 Å². The third-order valence-corrected chi connectivity index (χ3v) is 2.67. The summed E-state index contributed by atoms with van der Waals surface area (Å²) in [4.78, 5) is 18.6. The first-order valence-corrected chi connectivity index (χ1v) is 5.85. The predicted octanol–water partition coefficient (Wildman–Crippen LogP) is 2.79. The summed E-state index contributed by atoms with van der Waals surface area (Å²) < 4.78 is 0. The van der Waals surface area contributed by atoms with Crippen molar-refractivity contribution in [2.45, 2.75) is 19.8 Å². The van der Waals surface area contributed by atoms with E-state index in [0.29, 0.717) is 5.69 Å². The number of aryl methyl sites for hydroxylation is 1. The van der Waals surface area contributed by atoms with E-state index in [1.54, 1.807) is 0 Å². The van der Waals surface area contributed by atoms with Gasteiger partial charge in [0.1, 0.15) is 6.33 Å². The van der Waals surface area contributed by atoms with Gasteiger partial charge in [-0.25, -0.2) is 14.8 Å². The molecule has 0 aliphatic carbocycles. The van der Waals surface area contributed by atoms with Crippen LogP contribution >= 0.6 is 0 Å². The molecule has 0 radical (unpaired) electrons. The molecule has 1 N–H and O–H groups in total. The lowest BCUT2D eigenvalue weighted by Gasteiger charge is -2.03. The highest BCUT2D eigenvalue weighted by molar-refractivity contribution is 5.86. The maximum absolute atomic E-state index is 10.8. The average Bonchev–Trinajstić information content (AvgIpc) is 2.40. The Bertz CT molecular complexity index is 550. The van der Waals surface area contributed by atoms with Crippen molar-refractivity contribution < 1.29 is 9.90 Å². The molecule has 0 aliphatic rings. The molecule has 0 spiro atoms. The van der Waals surface area contributed by atoms with Crippen LogP contribution in [0.5, 0.6) is 0 Å². The third-order valence-electron chi connectivity index (χ3n) is 2.67. The highest BCUT2D eigenvalue weighted by Crippen LogP contribution is 2.18. The lowest BCUT2D eigenvalue weighted by atomic mass is 10.1. The fraction of sp³-hybridized carbons (Fsp3) is 0.214. The summed E-state index contributed by atoms with van der Waals surface area (Å²) in [5, 5.41) is 8.88. The Labute approximate surface area is 105 Å². The number of hydrogen-bond donors (Lipinski definition) is 1. The second-order valence-electron chi connectivity index (χ2n) is 4.04. The van der Waals surface area contributed by atoms with Gasteiger partial charge in [0, 0.05) is 5.56 Å². The normalized spacial score (nSPS) is 10.3. The molecule has 0 saturated carbocycles. The summed E-state index contributed by atoms with van der Waals surface area (Å²) in [6.45, 7) is 2.14. The van der Waals surface area contributed by atoms with Crippen LogP contribution in [0.4, 0.5) is 0 Å². The highest BCUT2D eigenvalue weighted by atomic mass is 16.4. The Kier molecular flexibility index (Phi) is 3.67. The van der Waals surface area contributed by atoms with Crippen molar-refractivity contribution in [3.05, 3.63) is 47.9 Å². The maximum atomic E-state index is 10.8. The number of rotatable bonds is 4. The minimum atomic E-state index is -1.04. The third kappa shape index (κ3) is 2.71. The first kappa shape index (κ1) is 12.2. The first-order valence-electron chi connectivity index (χ1n) is 5.85. The fourth-order valence-corrected chi connectivity index (χ4v) is 1.76. The minimum absolute atomic E-state index is 0.0117. The Morgan fingerprint density at radius 3 is 2.56 bits per heavy atom. The monoisotopic (exact) mass is 242 g/mol. The van der Waals surface area contributed by atoms with Gasteiger partial charge >= 0.3 is 5.97 Å². The van der Waals surface area contributed by atoms with Gasteiger partial charge in [-0.1, -0.05) is 37.6 Å². The van der Waals surface area contributed by atoms with Crippen molar-refractivity contribution in [1.82, 2.24) is 9.97 Å². The van der Waals surface area contributed by atoms with Gasteiger partial charge in [-0.05, 0) is 18.1 Å². The lowest BCUT2D eigenvalue weighted by Crippen LogP contribution is -2.01. The van der Waals surface area contributed by atoms with Crippen LogP contribution in [0.2, 0.25) is 0 Å². The molecule has 1 aromatic heterocycles. The molecule has 92 valence electrons. The Morgan fingerprint density at radius 1 is 1.22 bits per heavy atom.